The Morgan fingerprint density at radius 1 is 1.15 bits per heavy atom. The maximum absolute atomic E-state index is 5.90. The topological polar surface area (TPSA) is 38.5 Å². The summed E-state index contributed by atoms with van der Waals surface area (Å²) < 4.78 is 10.5. The lowest BCUT2D eigenvalue weighted by molar-refractivity contribution is 0.121. The number of aryl methyl sites for hydroxylation is 1. The minimum absolute atomic E-state index is 0.716. The van der Waals surface area contributed by atoms with Gasteiger partial charge in [0.2, 0.25) is 10.7 Å². The van der Waals surface area contributed by atoms with Crippen LogP contribution in [0.3, 0.4) is 0 Å². The molecule has 2 aliphatic heterocycles. The van der Waals surface area contributed by atoms with Crippen LogP contribution in [0.25, 0.3) is 5.69 Å². The smallest absolute Gasteiger partial charge is 0.230 e. The Bertz CT molecular complexity index is 867. The summed E-state index contributed by atoms with van der Waals surface area (Å²) in [6, 6.07) is 9.26. The summed E-state index contributed by atoms with van der Waals surface area (Å²) >= 11 is 5.90. The standard InChI is InChI=1S/C20H27N5OS/c1-15-2-5-17(6-3-15)25-19(22-8-10-26-11-9-22)21-24(20(25)27)14-23-13-16-4-7-18(23)12-16/h2-3,5-6,16,18H,4,7-14H2,1H3. The van der Waals surface area contributed by atoms with Crippen molar-refractivity contribution in [2.24, 2.45) is 5.92 Å². The van der Waals surface area contributed by atoms with E-state index in [-0.39, 0.29) is 0 Å². The van der Waals surface area contributed by atoms with Gasteiger partial charge in [0.25, 0.3) is 0 Å². The number of hydrogen-bond donors (Lipinski definition) is 0. The van der Waals surface area contributed by atoms with Gasteiger partial charge in [-0.1, -0.05) is 17.7 Å². The summed E-state index contributed by atoms with van der Waals surface area (Å²) in [5.41, 5.74) is 2.33. The molecule has 27 heavy (non-hydrogen) atoms. The first-order valence-electron chi connectivity index (χ1n) is 10.0. The Kier molecular flexibility index (Phi) is 4.53. The van der Waals surface area contributed by atoms with Crippen molar-refractivity contribution in [2.45, 2.75) is 38.9 Å². The van der Waals surface area contributed by atoms with Crippen LogP contribution in [0.5, 0.6) is 0 Å². The van der Waals surface area contributed by atoms with E-state index < -0.39 is 0 Å². The first-order chi connectivity index (χ1) is 13.2. The summed E-state index contributed by atoms with van der Waals surface area (Å²) in [4.78, 5) is 4.87. The third kappa shape index (κ3) is 3.22. The molecule has 2 unspecified atom stereocenters. The van der Waals surface area contributed by atoms with Gasteiger partial charge < -0.3 is 9.64 Å². The van der Waals surface area contributed by atoms with Crippen LogP contribution in [-0.4, -0.2) is 58.1 Å². The average Bonchev–Trinajstić information content (AvgIpc) is 3.39. The normalized spacial score (nSPS) is 25.4. The second-order valence-electron chi connectivity index (χ2n) is 8.10. The van der Waals surface area contributed by atoms with Crippen LogP contribution in [0.1, 0.15) is 24.8 Å². The molecule has 3 aliphatic rings. The molecule has 3 fully saturated rings. The van der Waals surface area contributed by atoms with Gasteiger partial charge in [-0.3, -0.25) is 9.47 Å². The van der Waals surface area contributed by atoms with Gasteiger partial charge in [0.1, 0.15) is 0 Å². The van der Waals surface area contributed by atoms with Gasteiger partial charge in [0.15, 0.2) is 0 Å². The predicted octanol–water partition coefficient (Wildman–Crippen LogP) is 2.99. The van der Waals surface area contributed by atoms with Crippen LogP contribution in [0.2, 0.25) is 0 Å². The fraction of sp³-hybridized carbons (Fsp3) is 0.600. The monoisotopic (exact) mass is 385 g/mol. The number of piperidine rings is 1. The lowest BCUT2D eigenvalue weighted by atomic mass is 10.1. The molecule has 2 aromatic rings. The van der Waals surface area contributed by atoms with E-state index in [1.54, 1.807) is 0 Å². The number of morpholine rings is 1. The molecule has 2 bridgehead atoms. The number of hydrogen-bond acceptors (Lipinski definition) is 5. The van der Waals surface area contributed by atoms with Gasteiger partial charge in [-0.15, -0.1) is 5.10 Å². The van der Waals surface area contributed by atoms with Crippen LogP contribution >= 0.6 is 12.2 Å². The second kappa shape index (κ2) is 7.04. The number of benzene rings is 1. The molecule has 1 aliphatic carbocycles. The molecule has 1 aromatic carbocycles. The summed E-state index contributed by atoms with van der Waals surface area (Å²) in [5.74, 6) is 1.82. The van der Waals surface area contributed by atoms with E-state index in [0.29, 0.717) is 6.04 Å². The minimum atomic E-state index is 0.716. The van der Waals surface area contributed by atoms with E-state index in [2.05, 4.69) is 45.6 Å². The number of fused-ring (bicyclic) bond motifs is 2. The fourth-order valence-corrected chi connectivity index (χ4v) is 5.03. The zero-order valence-electron chi connectivity index (χ0n) is 15.9. The number of anilines is 1. The molecule has 1 aromatic heterocycles. The molecule has 144 valence electrons. The zero-order chi connectivity index (χ0) is 18.4. The second-order valence-corrected chi connectivity index (χ2v) is 8.46. The lowest BCUT2D eigenvalue weighted by Crippen LogP contribution is -2.38. The molecule has 0 spiro atoms. The maximum Gasteiger partial charge on any atom is 0.230 e. The number of nitrogens with zero attached hydrogens (tertiary/aromatic N) is 5. The van der Waals surface area contributed by atoms with Crippen LogP contribution in [0.15, 0.2) is 24.3 Å². The molecule has 7 heteroatoms. The van der Waals surface area contributed by atoms with E-state index in [1.165, 1.54) is 31.4 Å². The summed E-state index contributed by atoms with van der Waals surface area (Å²) in [6.45, 7) is 7.29. The number of likely N-dealkylation sites (tertiary alicyclic amines) is 1. The van der Waals surface area contributed by atoms with Gasteiger partial charge in [-0.05, 0) is 56.5 Å². The van der Waals surface area contributed by atoms with Crippen LogP contribution in [0, 0.1) is 17.6 Å². The summed E-state index contributed by atoms with van der Waals surface area (Å²) in [5, 5.41) is 4.98. The largest absolute Gasteiger partial charge is 0.378 e. The first-order valence-corrected chi connectivity index (χ1v) is 10.4. The predicted molar refractivity (Wildman–Crippen MR) is 108 cm³/mol. The van der Waals surface area contributed by atoms with Crippen LogP contribution < -0.4 is 4.90 Å². The average molecular weight is 386 g/mol. The van der Waals surface area contributed by atoms with Crippen LogP contribution in [0.4, 0.5) is 5.95 Å². The molecule has 0 amide bonds. The van der Waals surface area contributed by atoms with Gasteiger partial charge in [-0.25, -0.2) is 4.68 Å². The highest BCUT2D eigenvalue weighted by Crippen LogP contribution is 2.37. The summed E-state index contributed by atoms with van der Waals surface area (Å²) in [6.07, 6.45) is 4.07. The van der Waals surface area contributed by atoms with E-state index >= 15 is 0 Å². The minimum Gasteiger partial charge on any atom is -0.378 e. The Morgan fingerprint density at radius 2 is 1.93 bits per heavy atom. The highest BCUT2D eigenvalue weighted by atomic mass is 32.1. The van der Waals surface area contributed by atoms with Crippen molar-refractivity contribution >= 4 is 18.2 Å². The number of ether oxygens (including phenoxy) is 1. The molecular formula is C20H27N5OS. The number of aromatic nitrogens is 3. The molecule has 0 radical (unpaired) electrons. The molecule has 1 saturated carbocycles. The van der Waals surface area contributed by atoms with Crippen molar-refractivity contribution < 1.29 is 4.74 Å². The van der Waals surface area contributed by atoms with Gasteiger partial charge in [0.05, 0.1) is 25.6 Å². The quantitative estimate of drug-likeness (QED) is 0.757. The Balaban J connectivity index is 1.52. The Morgan fingerprint density at radius 3 is 2.59 bits per heavy atom. The van der Waals surface area contributed by atoms with Crippen LogP contribution in [-0.2, 0) is 11.4 Å². The van der Waals surface area contributed by atoms with Crippen molar-refractivity contribution in [1.82, 2.24) is 19.2 Å². The maximum atomic E-state index is 5.90. The fourth-order valence-electron chi connectivity index (χ4n) is 4.75. The summed E-state index contributed by atoms with van der Waals surface area (Å²) in [7, 11) is 0. The van der Waals surface area contributed by atoms with E-state index in [9.17, 15) is 0 Å². The van der Waals surface area contributed by atoms with Gasteiger partial charge >= 0.3 is 0 Å². The molecule has 0 N–H and O–H groups in total. The van der Waals surface area contributed by atoms with Crippen molar-refractivity contribution in [2.75, 3.05) is 37.7 Å². The first kappa shape index (κ1) is 17.4. The highest BCUT2D eigenvalue weighted by Gasteiger charge is 2.38. The van der Waals surface area contributed by atoms with E-state index in [0.717, 1.165) is 55.3 Å². The van der Waals surface area contributed by atoms with Gasteiger partial charge in [0, 0.05) is 25.7 Å². The highest BCUT2D eigenvalue weighted by molar-refractivity contribution is 7.71. The molecule has 2 atom stereocenters. The Hall–Kier alpha value is -1.70. The Labute approximate surface area is 165 Å². The zero-order valence-corrected chi connectivity index (χ0v) is 16.7. The molecular weight excluding hydrogens is 358 g/mol. The van der Waals surface area contributed by atoms with Crippen molar-refractivity contribution in [3.63, 3.8) is 0 Å². The lowest BCUT2D eigenvalue weighted by Gasteiger charge is -2.27. The van der Waals surface area contributed by atoms with Crippen molar-refractivity contribution in [1.29, 1.82) is 0 Å². The molecule has 6 nitrogen and oxygen atoms in total. The molecule has 2 saturated heterocycles. The number of rotatable bonds is 4. The third-order valence-electron chi connectivity index (χ3n) is 6.25. The van der Waals surface area contributed by atoms with Gasteiger partial charge in [-0.2, -0.15) is 0 Å². The van der Waals surface area contributed by atoms with Crippen molar-refractivity contribution in [3.8, 4) is 5.69 Å². The SMILES string of the molecule is Cc1ccc(-n2c(N3CCOCC3)nn(CN3CC4CCC3C4)c2=S)cc1. The van der Waals surface area contributed by atoms with Crippen molar-refractivity contribution in [3.05, 3.63) is 34.6 Å². The molecule has 5 rings (SSSR count). The molecule has 3 heterocycles. The third-order valence-corrected chi connectivity index (χ3v) is 6.64. The van der Waals surface area contributed by atoms with E-state index in [1.807, 2.05) is 4.68 Å². The van der Waals surface area contributed by atoms with E-state index in [4.69, 9.17) is 22.1 Å².